The molecular weight excluding hydrogens is 222 g/mol. The van der Waals surface area contributed by atoms with Crippen LogP contribution in [-0.2, 0) is 4.74 Å². The van der Waals surface area contributed by atoms with Crippen LogP contribution in [0.2, 0.25) is 0 Å². The summed E-state index contributed by atoms with van der Waals surface area (Å²) in [4.78, 5) is 0. The molecule has 4 atom stereocenters. The second kappa shape index (κ2) is 6.91. The third-order valence-electron chi connectivity index (χ3n) is 4.83. The summed E-state index contributed by atoms with van der Waals surface area (Å²) in [6, 6.07) is 0.602. The van der Waals surface area contributed by atoms with Crippen LogP contribution >= 0.6 is 0 Å². The van der Waals surface area contributed by atoms with Gasteiger partial charge in [-0.15, -0.1) is 0 Å². The average Bonchev–Trinajstić information content (AvgIpc) is 3.18. The van der Waals surface area contributed by atoms with Gasteiger partial charge in [0.1, 0.15) is 0 Å². The van der Waals surface area contributed by atoms with E-state index in [2.05, 4.69) is 19.2 Å². The van der Waals surface area contributed by atoms with Crippen LogP contribution in [0.25, 0.3) is 0 Å². The Balaban J connectivity index is 1.97. The van der Waals surface area contributed by atoms with Crippen molar-refractivity contribution in [3.05, 3.63) is 0 Å². The van der Waals surface area contributed by atoms with E-state index in [1.807, 2.05) is 7.11 Å². The van der Waals surface area contributed by atoms with Gasteiger partial charge in [0, 0.05) is 13.2 Å². The molecule has 0 aromatic carbocycles. The second-order valence-corrected chi connectivity index (χ2v) is 6.55. The molecule has 2 rings (SSSR count). The lowest BCUT2D eigenvalue weighted by Crippen LogP contribution is -2.48. The highest BCUT2D eigenvalue weighted by atomic mass is 16.5. The minimum Gasteiger partial charge on any atom is -0.380 e. The number of ether oxygens (including phenoxy) is 1. The molecule has 0 heterocycles. The molecule has 2 fully saturated rings. The molecule has 18 heavy (non-hydrogen) atoms. The molecule has 1 N–H and O–H groups in total. The van der Waals surface area contributed by atoms with E-state index in [4.69, 9.17) is 4.74 Å². The van der Waals surface area contributed by atoms with Crippen LogP contribution < -0.4 is 5.32 Å². The Morgan fingerprint density at radius 3 is 2.50 bits per heavy atom. The van der Waals surface area contributed by atoms with Gasteiger partial charge in [-0.2, -0.15) is 0 Å². The SMILES string of the molecule is CCCNC(C1CCCC(C)C1)C(OC)C1CC1. The number of methoxy groups -OCH3 is 1. The lowest BCUT2D eigenvalue weighted by Gasteiger charge is -2.38. The van der Waals surface area contributed by atoms with E-state index in [9.17, 15) is 0 Å². The van der Waals surface area contributed by atoms with Crippen molar-refractivity contribution < 1.29 is 4.74 Å². The molecule has 0 spiro atoms. The van der Waals surface area contributed by atoms with Gasteiger partial charge < -0.3 is 10.1 Å². The van der Waals surface area contributed by atoms with E-state index in [1.165, 1.54) is 44.9 Å². The summed E-state index contributed by atoms with van der Waals surface area (Å²) in [5, 5.41) is 3.81. The molecule has 2 nitrogen and oxygen atoms in total. The maximum absolute atomic E-state index is 5.86. The Bertz CT molecular complexity index is 239. The van der Waals surface area contributed by atoms with Crippen molar-refractivity contribution in [2.75, 3.05) is 13.7 Å². The van der Waals surface area contributed by atoms with Crippen LogP contribution in [0.15, 0.2) is 0 Å². The van der Waals surface area contributed by atoms with Crippen molar-refractivity contribution in [1.82, 2.24) is 5.32 Å². The van der Waals surface area contributed by atoms with Crippen LogP contribution in [0.3, 0.4) is 0 Å². The second-order valence-electron chi connectivity index (χ2n) is 6.55. The molecule has 0 aromatic heterocycles. The van der Waals surface area contributed by atoms with Crippen molar-refractivity contribution in [3.8, 4) is 0 Å². The van der Waals surface area contributed by atoms with Crippen molar-refractivity contribution in [2.45, 2.75) is 70.9 Å². The Morgan fingerprint density at radius 1 is 1.17 bits per heavy atom. The Morgan fingerprint density at radius 2 is 1.94 bits per heavy atom. The third-order valence-corrected chi connectivity index (χ3v) is 4.83. The molecule has 106 valence electrons. The molecule has 0 amide bonds. The summed E-state index contributed by atoms with van der Waals surface area (Å²) in [5.74, 6) is 2.58. The topological polar surface area (TPSA) is 21.3 Å². The van der Waals surface area contributed by atoms with Crippen LogP contribution in [0.4, 0.5) is 0 Å². The van der Waals surface area contributed by atoms with Gasteiger partial charge in [0.15, 0.2) is 0 Å². The van der Waals surface area contributed by atoms with Crippen LogP contribution in [0.5, 0.6) is 0 Å². The van der Waals surface area contributed by atoms with Crippen LogP contribution in [0, 0.1) is 17.8 Å². The Hall–Kier alpha value is -0.0800. The molecule has 0 saturated heterocycles. The zero-order valence-corrected chi connectivity index (χ0v) is 12.5. The van der Waals surface area contributed by atoms with E-state index >= 15 is 0 Å². The maximum atomic E-state index is 5.86. The smallest absolute Gasteiger partial charge is 0.0755 e. The lowest BCUT2D eigenvalue weighted by atomic mass is 9.76. The van der Waals surface area contributed by atoms with Crippen LogP contribution in [-0.4, -0.2) is 25.8 Å². The van der Waals surface area contributed by atoms with E-state index in [-0.39, 0.29) is 0 Å². The summed E-state index contributed by atoms with van der Waals surface area (Å²) in [6.45, 7) is 5.82. The predicted molar refractivity (Wildman–Crippen MR) is 76.7 cm³/mol. The standard InChI is InChI=1S/C16H31NO/c1-4-10-17-15(16(18-3)13-8-9-13)14-7-5-6-12(2)11-14/h12-17H,4-11H2,1-3H3. The fourth-order valence-electron chi connectivity index (χ4n) is 3.73. The third kappa shape index (κ3) is 3.71. The first-order valence-corrected chi connectivity index (χ1v) is 8.02. The molecular formula is C16H31NO. The zero-order chi connectivity index (χ0) is 13.0. The van der Waals surface area contributed by atoms with Gasteiger partial charge in [0.05, 0.1) is 6.10 Å². The first kappa shape index (κ1) is 14.3. The maximum Gasteiger partial charge on any atom is 0.0755 e. The summed E-state index contributed by atoms with van der Waals surface area (Å²) < 4.78 is 5.86. The molecule has 0 radical (unpaired) electrons. The Labute approximate surface area is 113 Å². The van der Waals surface area contributed by atoms with Gasteiger partial charge >= 0.3 is 0 Å². The molecule has 4 unspecified atom stereocenters. The first-order valence-electron chi connectivity index (χ1n) is 8.02. The molecule has 2 saturated carbocycles. The molecule has 0 aliphatic heterocycles. The molecule has 2 aliphatic carbocycles. The number of hydrogen-bond acceptors (Lipinski definition) is 2. The van der Waals surface area contributed by atoms with Gasteiger partial charge in [-0.3, -0.25) is 0 Å². The minimum absolute atomic E-state index is 0.465. The summed E-state index contributed by atoms with van der Waals surface area (Å²) in [6.07, 6.45) is 10.1. The van der Waals surface area contributed by atoms with E-state index in [1.54, 1.807) is 0 Å². The number of hydrogen-bond donors (Lipinski definition) is 1. The van der Waals surface area contributed by atoms with E-state index < -0.39 is 0 Å². The lowest BCUT2D eigenvalue weighted by molar-refractivity contribution is 0.0200. The van der Waals surface area contributed by atoms with Gasteiger partial charge in [0.2, 0.25) is 0 Å². The van der Waals surface area contributed by atoms with Crippen molar-refractivity contribution in [1.29, 1.82) is 0 Å². The average molecular weight is 253 g/mol. The highest BCUT2D eigenvalue weighted by molar-refractivity contribution is 4.94. The summed E-state index contributed by atoms with van der Waals surface area (Å²) in [5.41, 5.74) is 0. The van der Waals surface area contributed by atoms with Crippen molar-refractivity contribution in [2.24, 2.45) is 17.8 Å². The monoisotopic (exact) mass is 253 g/mol. The number of rotatable bonds is 7. The Kier molecular flexibility index (Phi) is 5.50. The molecule has 0 aromatic rings. The fraction of sp³-hybridized carbons (Fsp3) is 1.00. The zero-order valence-electron chi connectivity index (χ0n) is 12.5. The van der Waals surface area contributed by atoms with Crippen LogP contribution in [0.1, 0.15) is 58.8 Å². The highest BCUT2D eigenvalue weighted by Crippen LogP contribution is 2.40. The van der Waals surface area contributed by atoms with Crippen molar-refractivity contribution in [3.63, 3.8) is 0 Å². The first-order chi connectivity index (χ1) is 8.76. The fourth-order valence-corrected chi connectivity index (χ4v) is 3.73. The molecule has 2 heteroatoms. The molecule has 0 bridgehead atoms. The largest absolute Gasteiger partial charge is 0.380 e. The summed E-state index contributed by atoms with van der Waals surface area (Å²) in [7, 11) is 1.91. The van der Waals surface area contributed by atoms with Gasteiger partial charge in [-0.25, -0.2) is 0 Å². The van der Waals surface area contributed by atoms with Crippen molar-refractivity contribution >= 4 is 0 Å². The number of nitrogens with one attached hydrogen (secondary N) is 1. The summed E-state index contributed by atoms with van der Waals surface area (Å²) >= 11 is 0. The normalized spacial score (nSPS) is 32.2. The molecule has 2 aliphatic rings. The van der Waals surface area contributed by atoms with Gasteiger partial charge in [0.25, 0.3) is 0 Å². The minimum atomic E-state index is 0.465. The van der Waals surface area contributed by atoms with Gasteiger partial charge in [-0.05, 0) is 56.4 Å². The predicted octanol–water partition coefficient (Wildman–Crippen LogP) is 3.61. The van der Waals surface area contributed by atoms with Gasteiger partial charge in [-0.1, -0.05) is 26.7 Å². The highest BCUT2D eigenvalue weighted by Gasteiger charge is 2.40. The van der Waals surface area contributed by atoms with E-state index in [0.717, 1.165) is 24.3 Å². The van der Waals surface area contributed by atoms with E-state index in [0.29, 0.717) is 12.1 Å². The quantitative estimate of drug-likeness (QED) is 0.748.